The largest absolute Gasteiger partial charge is 0.324 e. The van der Waals surface area contributed by atoms with Gasteiger partial charge in [-0.2, -0.15) is 0 Å². The number of aryl methyl sites for hydroxylation is 1. The van der Waals surface area contributed by atoms with Gasteiger partial charge in [-0.15, -0.1) is 0 Å². The first-order valence-electron chi connectivity index (χ1n) is 4.71. The molecule has 0 saturated heterocycles. The molecule has 1 atom stereocenters. The first-order valence-corrected chi connectivity index (χ1v) is 4.71. The number of nitrogens with two attached hydrogens (primary N) is 1. The van der Waals surface area contributed by atoms with Gasteiger partial charge in [0.25, 0.3) is 0 Å². The minimum atomic E-state index is 0.281. The van der Waals surface area contributed by atoms with Gasteiger partial charge < -0.3 is 5.73 Å². The van der Waals surface area contributed by atoms with Crippen LogP contribution in [-0.4, -0.2) is 0 Å². The molecule has 64 valence electrons. The fourth-order valence-corrected chi connectivity index (χ4v) is 1.96. The average Bonchev–Trinajstić information content (AvgIpc) is 2.29. The van der Waals surface area contributed by atoms with Gasteiger partial charge in [-0.3, -0.25) is 0 Å². The second-order valence-corrected chi connectivity index (χ2v) is 3.55. The summed E-state index contributed by atoms with van der Waals surface area (Å²) in [6.07, 6.45) is 4.93. The van der Waals surface area contributed by atoms with E-state index in [0.717, 1.165) is 6.42 Å². The number of benzene rings is 1. The molecule has 1 aromatic rings. The molecule has 1 aliphatic rings. The van der Waals surface area contributed by atoms with E-state index in [1.807, 2.05) is 0 Å². The lowest BCUT2D eigenvalue weighted by Crippen LogP contribution is -2.09. The van der Waals surface area contributed by atoms with Crippen molar-refractivity contribution in [1.29, 1.82) is 0 Å². The molecule has 0 amide bonds. The average molecular weight is 161 g/mol. The Morgan fingerprint density at radius 2 is 2.00 bits per heavy atom. The van der Waals surface area contributed by atoms with Crippen molar-refractivity contribution in [2.24, 2.45) is 5.73 Å². The molecular weight excluding hydrogens is 146 g/mol. The minimum Gasteiger partial charge on any atom is -0.324 e. The van der Waals surface area contributed by atoms with E-state index in [9.17, 15) is 0 Å². The van der Waals surface area contributed by atoms with Crippen molar-refractivity contribution in [3.8, 4) is 0 Å². The highest BCUT2D eigenvalue weighted by Gasteiger charge is 2.13. The molecule has 1 nitrogen and oxygen atoms in total. The lowest BCUT2D eigenvalue weighted by molar-refractivity contribution is 0.615. The Morgan fingerprint density at radius 1 is 1.17 bits per heavy atom. The van der Waals surface area contributed by atoms with Crippen molar-refractivity contribution in [1.82, 2.24) is 0 Å². The second kappa shape index (κ2) is 3.28. The Hall–Kier alpha value is -0.820. The molecule has 2 rings (SSSR count). The maximum Gasteiger partial charge on any atom is 0.0297 e. The topological polar surface area (TPSA) is 26.0 Å². The van der Waals surface area contributed by atoms with E-state index in [4.69, 9.17) is 5.73 Å². The summed E-state index contributed by atoms with van der Waals surface area (Å²) < 4.78 is 0. The molecule has 12 heavy (non-hydrogen) atoms. The Balaban J connectivity index is 2.39. The molecule has 0 fully saturated rings. The highest BCUT2D eigenvalue weighted by molar-refractivity contribution is 5.30. The summed E-state index contributed by atoms with van der Waals surface area (Å²) in [4.78, 5) is 0. The summed E-state index contributed by atoms with van der Waals surface area (Å²) in [6.45, 7) is 0. The maximum atomic E-state index is 6.05. The normalized spacial score (nSPS) is 22.9. The van der Waals surface area contributed by atoms with Crippen LogP contribution in [0.25, 0.3) is 0 Å². The summed E-state index contributed by atoms with van der Waals surface area (Å²) >= 11 is 0. The Morgan fingerprint density at radius 3 is 2.92 bits per heavy atom. The van der Waals surface area contributed by atoms with Crippen molar-refractivity contribution < 1.29 is 0 Å². The zero-order valence-electron chi connectivity index (χ0n) is 7.29. The van der Waals surface area contributed by atoms with E-state index in [0.29, 0.717) is 0 Å². The fraction of sp³-hybridized carbons (Fsp3) is 0.455. The fourth-order valence-electron chi connectivity index (χ4n) is 1.96. The van der Waals surface area contributed by atoms with Crippen molar-refractivity contribution in [2.45, 2.75) is 31.7 Å². The molecule has 0 saturated carbocycles. The van der Waals surface area contributed by atoms with E-state index >= 15 is 0 Å². The van der Waals surface area contributed by atoms with Crippen molar-refractivity contribution in [3.05, 3.63) is 35.4 Å². The Kier molecular flexibility index (Phi) is 2.13. The predicted molar refractivity (Wildman–Crippen MR) is 50.9 cm³/mol. The second-order valence-electron chi connectivity index (χ2n) is 3.55. The predicted octanol–water partition coefficient (Wildman–Crippen LogP) is 2.41. The molecule has 2 N–H and O–H groups in total. The highest BCUT2D eigenvalue weighted by Crippen LogP contribution is 2.26. The van der Waals surface area contributed by atoms with Crippen LogP contribution >= 0.6 is 0 Å². The van der Waals surface area contributed by atoms with Crippen LogP contribution in [0.15, 0.2) is 24.3 Å². The summed E-state index contributed by atoms with van der Waals surface area (Å²) in [7, 11) is 0. The molecular formula is C11H15N. The van der Waals surface area contributed by atoms with Crippen molar-refractivity contribution >= 4 is 0 Å². The van der Waals surface area contributed by atoms with E-state index in [1.54, 1.807) is 0 Å². The SMILES string of the molecule is N[C@@H]1CCCCc2ccccc21. The van der Waals surface area contributed by atoms with Gasteiger partial charge in [-0.1, -0.05) is 30.7 Å². The number of hydrogen-bond donors (Lipinski definition) is 1. The molecule has 0 spiro atoms. The summed E-state index contributed by atoms with van der Waals surface area (Å²) in [5.41, 5.74) is 8.88. The highest BCUT2D eigenvalue weighted by atomic mass is 14.6. The van der Waals surface area contributed by atoms with Crippen LogP contribution in [0, 0.1) is 0 Å². The van der Waals surface area contributed by atoms with Crippen LogP contribution in [0.3, 0.4) is 0 Å². The monoisotopic (exact) mass is 161 g/mol. The molecule has 0 heterocycles. The van der Waals surface area contributed by atoms with E-state index in [1.165, 1.54) is 30.4 Å². The quantitative estimate of drug-likeness (QED) is 0.581. The van der Waals surface area contributed by atoms with Gasteiger partial charge >= 0.3 is 0 Å². The van der Waals surface area contributed by atoms with Crippen LogP contribution in [-0.2, 0) is 6.42 Å². The standard InChI is InChI=1S/C11H15N/c12-11-8-4-2-6-9-5-1-3-7-10(9)11/h1,3,5,7,11H,2,4,6,8,12H2/t11-/m1/s1. The Bertz CT molecular complexity index is 267. The first-order chi connectivity index (χ1) is 5.88. The minimum absolute atomic E-state index is 0.281. The van der Waals surface area contributed by atoms with Crippen LogP contribution < -0.4 is 5.73 Å². The summed E-state index contributed by atoms with van der Waals surface area (Å²) in [5, 5.41) is 0. The molecule has 1 heteroatoms. The zero-order chi connectivity index (χ0) is 8.39. The third kappa shape index (κ3) is 1.37. The molecule has 1 aromatic carbocycles. The third-order valence-electron chi connectivity index (χ3n) is 2.67. The van der Waals surface area contributed by atoms with Gasteiger partial charge in [0.2, 0.25) is 0 Å². The van der Waals surface area contributed by atoms with Gasteiger partial charge in [-0.05, 0) is 30.4 Å². The van der Waals surface area contributed by atoms with Gasteiger partial charge in [-0.25, -0.2) is 0 Å². The Labute approximate surface area is 73.6 Å². The van der Waals surface area contributed by atoms with Gasteiger partial charge in [0.05, 0.1) is 0 Å². The first kappa shape index (κ1) is 7.81. The molecule has 0 bridgehead atoms. The lowest BCUT2D eigenvalue weighted by Gasteiger charge is -2.11. The van der Waals surface area contributed by atoms with Crippen LogP contribution in [0.5, 0.6) is 0 Å². The smallest absolute Gasteiger partial charge is 0.0297 e. The van der Waals surface area contributed by atoms with Crippen LogP contribution in [0.2, 0.25) is 0 Å². The maximum absolute atomic E-state index is 6.05. The van der Waals surface area contributed by atoms with Crippen molar-refractivity contribution in [2.75, 3.05) is 0 Å². The molecule has 0 aromatic heterocycles. The summed E-state index contributed by atoms with van der Waals surface area (Å²) in [6, 6.07) is 8.86. The van der Waals surface area contributed by atoms with E-state index in [2.05, 4.69) is 24.3 Å². The van der Waals surface area contributed by atoms with Gasteiger partial charge in [0.1, 0.15) is 0 Å². The molecule has 1 aliphatic carbocycles. The van der Waals surface area contributed by atoms with E-state index < -0.39 is 0 Å². The van der Waals surface area contributed by atoms with Gasteiger partial charge in [0.15, 0.2) is 0 Å². The van der Waals surface area contributed by atoms with Crippen LogP contribution in [0.1, 0.15) is 36.4 Å². The summed E-state index contributed by atoms with van der Waals surface area (Å²) in [5.74, 6) is 0. The zero-order valence-corrected chi connectivity index (χ0v) is 7.29. The molecule has 0 unspecified atom stereocenters. The number of hydrogen-bond acceptors (Lipinski definition) is 1. The van der Waals surface area contributed by atoms with E-state index in [-0.39, 0.29) is 6.04 Å². The number of fused-ring (bicyclic) bond motifs is 1. The number of rotatable bonds is 0. The lowest BCUT2D eigenvalue weighted by atomic mass is 10.0. The van der Waals surface area contributed by atoms with Crippen LogP contribution in [0.4, 0.5) is 0 Å². The van der Waals surface area contributed by atoms with Crippen molar-refractivity contribution in [3.63, 3.8) is 0 Å². The molecule has 0 aliphatic heterocycles. The third-order valence-corrected chi connectivity index (χ3v) is 2.67. The van der Waals surface area contributed by atoms with Gasteiger partial charge in [0, 0.05) is 6.04 Å². The molecule has 0 radical (unpaired) electrons.